The fourth-order valence-corrected chi connectivity index (χ4v) is 11.8. The van der Waals surface area contributed by atoms with E-state index < -0.39 is 104 Å². The maximum Gasteiger partial charge on any atom is 0.560 e. The van der Waals surface area contributed by atoms with Crippen LogP contribution in [0.2, 0.25) is 0 Å². The summed E-state index contributed by atoms with van der Waals surface area (Å²) in [5.41, 5.74) is -6.59. The molecular formula is C52H90N4O17. The third-order valence-electron chi connectivity index (χ3n) is 18.5. The molecule has 21 nitrogen and oxygen atoms in total. The zero-order valence-corrected chi connectivity index (χ0v) is 46.1. The lowest BCUT2D eigenvalue weighted by atomic mass is 9.51. The summed E-state index contributed by atoms with van der Waals surface area (Å²) in [4.78, 5) is 108. The van der Waals surface area contributed by atoms with Crippen LogP contribution in [0.1, 0.15) is 199 Å². The zero-order valence-electron chi connectivity index (χ0n) is 46.1. The molecule has 0 saturated carbocycles. The van der Waals surface area contributed by atoms with Crippen molar-refractivity contribution in [2.45, 2.75) is 244 Å². The van der Waals surface area contributed by atoms with Gasteiger partial charge in [0, 0.05) is 49.4 Å². The molecule has 7 aliphatic rings. The van der Waals surface area contributed by atoms with Gasteiger partial charge in [-0.3, -0.25) is 43.3 Å². The number of amides is 6. The Morgan fingerprint density at radius 2 is 0.712 bits per heavy atom. The van der Waals surface area contributed by atoms with Gasteiger partial charge in [-0.2, -0.15) is 4.79 Å². The van der Waals surface area contributed by atoms with Crippen molar-refractivity contribution in [1.82, 2.24) is 20.1 Å². The van der Waals surface area contributed by atoms with Crippen LogP contribution in [-0.4, -0.2) is 138 Å². The summed E-state index contributed by atoms with van der Waals surface area (Å²) in [5.74, 6) is -5.66. The molecule has 7 fully saturated rings. The SMILES string of the molecule is C.C.CC1(C)O[C@]2(C)OC(C)(C)[C@](C)(O)[C@]2(C)C1(C)C.CC1(C)O[C@]2(C)OC(C)(C)[C@](C)(OC(=O)ON3C(=O)CCC3=O)[C@]2(C)C1(C)C.CCN(CC)CC.O=C(ON1C(=O)CCC1=O)ON1C(=O)CCC1=O. The molecule has 6 atom stereocenters. The second-order valence-electron chi connectivity index (χ2n) is 23.2. The van der Waals surface area contributed by atoms with E-state index in [2.05, 4.69) is 83.8 Å². The average Bonchev–Trinajstić information content (AvgIpc) is 3.94. The zero-order chi connectivity index (χ0) is 54.9. The van der Waals surface area contributed by atoms with E-state index in [1.807, 2.05) is 69.2 Å². The van der Waals surface area contributed by atoms with E-state index in [1.165, 1.54) is 19.6 Å². The van der Waals surface area contributed by atoms with Crippen molar-refractivity contribution in [3.8, 4) is 0 Å². The lowest BCUT2D eigenvalue weighted by Gasteiger charge is -2.52. The molecule has 0 aromatic rings. The molecule has 73 heavy (non-hydrogen) atoms. The lowest BCUT2D eigenvalue weighted by Crippen LogP contribution is -2.63. The number of hydrogen-bond donors (Lipinski definition) is 1. The Hall–Kier alpha value is -4.28. The Morgan fingerprint density at radius 3 is 1.00 bits per heavy atom. The van der Waals surface area contributed by atoms with Gasteiger partial charge >= 0.3 is 12.3 Å². The summed E-state index contributed by atoms with van der Waals surface area (Å²) in [6, 6.07) is 0. The highest BCUT2D eigenvalue weighted by molar-refractivity contribution is 6.03. The predicted octanol–water partition coefficient (Wildman–Crippen LogP) is 8.32. The molecular weight excluding hydrogens is 953 g/mol. The largest absolute Gasteiger partial charge is 0.560 e. The molecule has 6 amide bonds. The predicted molar refractivity (Wildman–Crippen MR) is 266 cm³/mol. The minimum Gasteiger partial charge on any atom is -0.422 e. The summed E-state index contributed by atoms with van der Waals surface area (Å²) in [6.45, 7) is 45.8. The van der Waals surface area contributed by atoms with Gasteiger partial charge in [-0.05, 0) is 110 Å². The standard InChI is InChI=1S/C20H31NO7.C15H28O3.C9H8N2O7.C6H15N.2CH4/c1-15(2)16(3,4)27-20(9)18(15,7)19(8,17(5,6)28-20)25-14(24)26-21-12(22)10-11-13(21)23;1-10(2)11(3,4)17-15(9)13(10,7)14(8,16)12(5,6)18-15;12-5-1-2-6(13)10(5)17-9(16)18-11-7(14)3-4-8(11)15;1-4-7(5-2)6-3;;/h10-11H2,1-9H3;16H,1-9H3;1-4H2;4-6H2,1-3H3;2*1H4/t18-,19-,20+;13-,14-,15+;;;;/m00..../s1. The first-order valence-corrected chi connectivity index (χ1v) is 24.6. The van der Waals surface area contributed by atoms with Gasteiger partial charge in [-0.1, -0.05) is 85.4 Å². The van der Waals surface area contributed by atoms with Crippen LogP contribution in [0.5, 0.6) is 0 Å². The number of hydrogen-bond acceptors (Lipinski definition) is 18. The van der Waals surface area contributed by atoms with Gasteiger partial charge in [0.1, 0.15) is 11.2 Å². The summed E-state index contributed by atoms with van der Waals surface area (Å²) in [6.07, 6.45) is -2.81. The van der Waals surface area contributed by atoms with Crippen molar-refractivity contribution in [1.29, 1.82) is 0 Å². The molecule has 0 spiro atoms. The Morgan fingerprint density at radius 1 is 0.452 bits per heavy atom. The maximum absolute atomic E-state index is 12.7. The first-order chi connectivity index (χ1) is 32.0. The Balaban J connectivity index is 0.000000357. The molecule has 0 unspecified atom stereocenters. The minimum absolute atomic E-state index is 0. The van der Waals surface area contributed by atoms with Gasteiger partial charge in [0.2, 0.25) is 0 Å². The van der Waals surface area contributed by atoms with Gasteiger partial charge in [0.25, 0.3) is 35.4 Å². The molecule has 420 valence electrons. The Kier molecular flexibility index (Phi) is 18.4. The van der Waals surface area contributed by atoms with Gasteiger partial charge < -0.3 is 33.7 Å². The van der Waals surface area contributed by atoms with Crippen LogP contribution in [0.15, 0.2) is 0 Å². The highest BCUT2D eigenvalue weighted by atomic mass is 16.9. The van der Waals surface area contributed by atoms with Crippen LogP contribution in [0.25, 0.3) is 0 Å². The molecule has 7 heterocycles. The van der Waals surface area contributed by atoms with Gasteiger partial charge in [-0.25, -0.2) is 4.79 Å². The van der Waals surface area contributed by atoms with Gasteiger partial charge in [-0.15, -0.1) is 0 Å². The van der Waals surface area contributed by atoms with E-state index >= 15 is 0 Å². The van der Waals surface area contributed by atoms with Crippen molar-refractivity contribution in [2.24, 2.45) is 21.7 Å². The summed E-state index contributed by atoms with van der Waals surface area (Å²) in [7, 11) is 0. The molecule has 7 rings (SSSR count). The quantitative estimate of drug-likeness (QED) is 0.186. The number of rotatable bonds is 7. The van der Waals surface area contributed by atoms with Crippen LogP contribution in [0, 0.1) is 21.7 Å². The highest BCUT2D eigenvalue weighted by Crippen LogP contribution is 2.75. The van der Waals surface area contributed by atoms with E-state index in [9.17, 15) is 43.5 Å². The monoisotopic (exact) mass is 1040 g/mol. The van der Waals surface area contributed by atoms with Crippen molar-refractivity contribution in [2.75, 3.05) is 19.6 Å². The Labute approximate surface area is 433 Å². The van der Waals surface area contributed by atoms with E-state index in [4.69, 9.17) is 28.5 Å². The topological polar surface area (TPSA) is 244 Å². The maximum atomic E-state index is 12.7. The molecule has 0 aromatic heterocycles. The molecule has 0 aliphatic carbocycles. The summed E-state index contributed by atoms with van der Waals surface area (Å²) < 4.78 is 31.1. The number of aliphatic hydroxyl groups is 1. The van der Waals surface area contributed by atoms with Crippen LogP contribution in [0.3, 0.4) is 0 Å². The van der Waals surface area contributed by atoms with Gasteiger partial charge in [0.05, 0.1) is 27.6 Å². The number of fused-ring (bicyclic) bond motifs is 2. The van der Waals surface area contributed by atoms with E-state index in [1.54, 1.807) is 6.92 Å². The van der Waals surface area contributed by atoms with Crippen LogP contribution in [0.4, 0.5) is 9.59 Å². The molecule has 1 N–H and O–H groups in total. The molecule has 7 saturated heterocycles. The first kappa shape index (κ1) is 64.8. The van der Waals surface area contributed by atoms with Crippen LogP contribution < -0.4 is 0 Å². The van der Waals surface area contributed by atoms with Gasteiger partial charge in [0.15, 0.2) is 17.2 Å². The second kappa shape index (κ2) is 20.7. The normalized spacial score (nSPS) is 34.3. The molecule has 0 bridgehead atoms. The van der Waals surface area contributed by atoms with E-state index in [-0.39, 0.29) is 74.5 Å². The van der Waals surface area contributed by atoms with Crippen molar-refractivity contribution in [3.63, 3.8) is 0 Å². The number of carbonyl (C=O) groups is 8. The summed E-state index contributed by atoms with van der Waals surface area (Å²) in [5, 5.41) is 12.2. The number of imide groups is 3. The highest BCUT2D eigenvalue weighted by Gasteiger charge is 2.85. The molecule has 7 aliphatic heterocycles. The smallest absolute Gasteiger partial charge is 0.422 e. The molecule has 0 radical (unpaired) electrons. The van der Waals surface area contributed by atoms with E-state index in [0.717, 1.165) is 0 Å². The summed E-state index contributed by atoms with van der Waals surface area (Å²) >= 11 is 0. The van der Waals surface area contributed by atoms with Crippen molar-refractivity contribution < 1.29 is 81.7 Å². The number of ether oxygens (including phenoxy) is 5. The second-order valence-corrected chi connectivity index (χ2v) is 23.2. The Bertz CT molecular complexity index is 2040. The van der Waals surface area contributed by atoms with Crippen molar-refractivity contribution >= 4 is 47.8 Å². The van der Waals surface area contributed by atoms with Crippen molar-refractivity contribution in [3.05, 3.63) is 0 Å². The number of carbonyl (C=O) groups excluding carboxylic acids is 8. The molecule has 21 heteroatoms. The van der Waals surface area contributed by atoms with Crippen LogP contribution >= 0.6 is 0 Å². The van der Waals surface area contributed by atoms with Crippen LogP contribution in [-0.2, 0) is 67.0 Å². The fraction of sp³-hybridized carbons (Fsp3) is 0.846. The minimum atomic E-state index is -1.48. The first-order valence-electron chi connectivity index (χ1n) is 24.6. The van der Waals surface area contributed by atoms with E-state index in [0.29, 0.717) is 5.06 Å². The lowest BCUT2D eigenvalue weighted by molar-refractivity contribution is -0.266. The third kappa shape index (κ3) is 9.92. The third-order valence-corrected chi connectivity index (χ3v) is 18.5. The molecule has 0 aromatic carbocycles. The average molecular weight is 1040 g/mol. The number of hydroxylamine groups is 6. The number of nitrogens with zero attached hydrogens (tertiary/aromatic N) is 4. The fourth-order valence-electron chi connectivity index (χ4n) is 11.8.